The summed E-state index contributed by atoms with van der Waals surface area (Å²) in [7, 11) is -1.95. The van der Waals surface area contributed by atoms with Crippen molar-refractivity contribution in [3.05, 3.63) is 57.4 Å². The van der Waals surface area contributed by atoms with Crippen molar-refractivity contribution in [3.63, 3.8) is 0 Å². The van der Waals surface area contributed by atoms with Crippen molar-refractivity contribution in [2.75, 3.05) is 19.6 Å². The monoisotopic (exact) mass is 587 g/mol. The van der Waals surface area contributed by atoms with Gasteiger partial charge in [-0.2, -0.15) is 9.40 Å². The van der Waals surface area contributed by atoms with Crippen LogP contribution in [-0.4, -0.2) is 81.9 Å². The van der Waals surface area contributed by atoms with Gasteiger partial charge in [-0.25, -0.2) is 8.42 Å². The highest BCUT2D eigenvalue weighted by Gasteiger charge is 2.49. The van der Waals surface area contributed by atoms with E-state index in [0.717, 1.165) is 29.7 Å². The molecule has 3 aliphatic rings. The number of rotatable bonds is 5. The van der Waals surface area contributed by atoms with Crippen LogP contribution in [0.2, 0.25) is 4.34 Å². The van der Waals surface area contributed by atoms with Crippen molar-refractivity contribution in [1.82, 2.24) is 23.9 Å². The topological polar surface area (TPSA) is 95.8 Å². The number of sulfonamides is 1. The van der Waals surface area contributed by atoms with Gasteiger partial charge in [0.2, 0.25) is 15.9 Å². The number of thiophene rings is 1. The van der Waals surface area contributed by atoms with E-state index >= 15 is 0 Å². The number of nitrogens with zero attached hydrogens (tertiary/aromatic N) is 5. The van der Waals surface area contributed by atoms with Crippen LogP contribution in [0.1, 0.15) is 40.9 Å². The zero-order chi connectivity index (χ0) is 27.5. The van der Waals surface area contributed by atoms with Crippen molar-refractivity contribution in [3.8, 4) is 11.3 Å². The second kappa shape index (κ2) is 10.0. The van der Waals surface area contributed by atoms with E-state index in [1.807, 2.05) is 35.9 Å². The summed E-state index contributed by atoms with van der Waals surface area (Å²) in [6.45, 7) is 3.09. The molecular weight excluding hydrogens is 558 g/mol. The van der Waals surface area contributed by atoms with Crippen LogP contribution in [0.3, 0.4) is 0 Å². The number of benzene rings is 1. The summed E-state index contributed by atoms with van der Waals surface area (Å²) >= 11 is 7.76. The van der Waals surface area contributed by atoms with Crippen LogP contribution in [0.25, 0.3) is 11.3 Å². The minimum absolute atomic E-state index is 0.0937. The molecule has 2 amide bonds. The lowest BCUT2D eigenvalue weighted by molar-refractivity contribution is -0.140. The number of piperazine rings is 1. The Hall–Kier alpha value is -2.73. The molecule has 206 valence electrons. The molecule has 0 radical (unpaired) electrons. The standard InChI is InChI=1S/C27H30ClN5O4S2/c1-17-5-9-20(10-6-17)39(36,37)32-13-3-4-23(32)26(34)33-18-7-8-19(33)16-31(15-18)27(35)24-14-21(25(28)38-24)22-11-12-29-30(22)2/h5-6,9-12,14,18-19,23H,3-4,7-8,13,15-16H2,1-2H3/t18?,19?,23-/m1/s1. The maximum Gasteiger partial charge on any atom is 0.264 e. The predicted molar refractivity (Wildman–Crippen MR) is 149 cm³/mol. The number of halogens is 1. The molecule has 5 heterocycles. The predicted octanol–water partition coefficient (Wildman–Crippen LogP) is 3.78. The fraction of sp³-hybridized carbons (Fsp3) is 0.444. The maximum atomic E-state index is 13.9. The van der Waals surface area contributed by atoms with Gasteiger partial charge in [0.25, 0.3) is 5.91 Å². The zero-order valence-corrected chi connectivity index (χ0v) is 24.2. The van der Waals surface area contributed by atoms with Gasteiger partial charge < -0.3 is 9.80 Å². The highest BCUT2D eigenvalue weighted by atomic mass is 35.5. The van der Waals surface area contributed by atoms with Crippen molar-refractivity contribution in [2.45, 2.75) is 55.6 Å². The number of hydrogen-bond donors (Lipinski definition) is 0. The highest BCUT2D eigenvalue weighted by Crippen LogP contribution is 2.38. The Labute approximate surface area is 237 Å². The van der Waals surface area contributed by atoms with E-state index in [1.165, 1.54) is 15.6 Å². The number of aryl methyl sites for hydroxylation is 2. The second-order valence-corrected chi connectivity index (χ2v) is 14.1. The first kappa shape index (κ1) is 26.5. The molecule has 1 aromatic carbocycles. The summed E-state index contributed by atoms with van der Waals surface area (Å²) < 4.78 is 30.5. The molecule has 2 unspecified atom stereocenters. The molecule has 0 aliphatic carbocycles. The first-order chi connectivity index (χ1) is 18.6. The first-order valence-corrected chi connectivity index (χ1v) is 15.8. The summed E-state index contributed by atoms with van der Waals surface area (Å²) in [4.78, 5) is 31.8. The molecular formula is C27H30ClN5O4S2. The van der Waals surface area contributed by atoms with Gasteiger partial charge in [-0.05, 0) is 56.9 Å². The van der Waals surface area contributed by atoms with Gasteiger partial charge in [-0.3, -0.25) is 14.3 Å². The highest BCUT2D eigenvalue weighted by molar-refractivity contribution is 7.89. The van der Waals surface area contributed by atoms with Crippen LogP contribution in [-0.2, 0) is 21.9 Å². The van der Waals surface area contributed by atoms with E-state index in [2.05, 4.69) is 5.10 Å². The van der Waals surface area contributed by atoms with Crippen LogP contribution in [0.15, 0.2) is 47.5 Å². The Kier molecular flexibility index (Phi) is 6.81. The van der Waals surface area contributed by atoms with Gasteiger partial charge in [0.05, 0.1) is 15.5 Å². The quantitative estimate of drug-likeness (QED) is 0.453. The van der Waals surface area contributed by atoms with E-state index in [1.54, 1.807) is 35.1 Å². The van der Waals surface area contributed by atoms with E-state index in [9.17, 15) is 18.0 Å². The average molecular weight is 588 g/mol. The SMILES string of the molecule is Cc1ccc(S(=O)(=O)N2CCC[C@@H]2C(=O)N2C3CCC2CN(C(=O)c2cc(-c4ccnn4C)c(Cl)s2)C3)cc1. The van der Waals surface area contributed by atoms with Gasteiger partial charge in [-0.15, -0.1) is 11.3 Å². The van der Waals surface area contributed by atoms with E-state index in [-0.39, 0.29) is 28.8 Å². The van der Waals surface area contributed by atoms with Gasteiger partial charge in [0.15, 0.2) is 0 Å². The van der Waals surface area contributed by atoms with E-state index < -0.39 is 16.1 Å². The van der Waals surface area contributed by atoms with Crippen molar-refractivity contribution in [1.29, 1.82) is 0 Å². The first-order valence-electron chi connectivity index (χ1n) is 13.1. The summed E-state index contributed by atoms with van der Waals surface area (Å²) in [5.74, 6) is -0.232. The number of amides is 2. The van der Waals surface area contributed by atoms with Gasteiger partial charge in [0, 0.05) is 50.5 Å². The van der Waals surface area contributed by atoms with Gasteiger partial charge >= 0.3 is 0 Å². The summed E-state index contributed by atoms with van der Waals surface area (Å²) in [5, 5.41) is 4.19. The van der Waals surface area contributed by atoms with Gasteiger partial charge in [-0.1, -0.05) is 29.3 Å². The molecule has 3 aliphatic heterocycles. The minimum Gasteiger partial charge on any atom is -0.334 e. The number of carbonyl (C=O) groups is 2. The molecule has 9 nitrogen and oxygen atoms in total. The molecule has 6 rings (SSSR count). The Morgan fingerprint density at radius 2 is 1.74 bits per heavy atom. The Morgan fingerprint density at radius 1 is 1.05 bits per heavy atom. The number of hydrogen-bond acceptors (Lipinski definition) is 6. The van der Waals surface area contributed by atoms with Crippen LogP contribution in [0.5, 0.6) is 0 Å². The third kappa shape index (κ3) is 4.59. The molecule has 2 bridgehead atoms. The van der Waals surface area contributed by atoms with Crippen LogP contribution in [0.4, 0.5) is 0 Å². The smallest absolute Gasteiger partial charge is 0.264 e. The lowest BCUT2D eigenvalue weighted by atomic mass is 10.1. The Bertz CT molecular complexity index is 1520. The summed E-state index contributed by atoms with van der Waals surface area (Å²) in [6, 6.07) is 9.47. The molecule has 0 spiro atoms. The minimum atomic E-state index is -3.78. The summed E-state index contributed by atoms with van der Waals surface area (Å²) in [5.41, 5.74) is 2.59. The number of aromatic nitrogens is 2. The molecule has 39 heavy (non-hydrogen) atoms. The van der Waals surface area contributed by atoms with Crippen LogP contribution in [0, 0.1) is 6.92 Å². The molecule has 0 N–H and O–H groups in total. The normalized spacial score (nSPS) is 23.5. The third-order valence-corrected chi connectivity index (χ3v) is 11.4. The molecule has 3 atom stereocenters. The molecule has 2 aromatic heterocycles. The molecule has 0 saturated carbocycles. The molecule has 3 fully saturated rings. The molecule has 12 heteroatoms. The Morgan fingerprint density at radius 3 is 2.38 bits per heavy atom. The van der Waals surface area contributed by atoms with Crippen LogP contribution >= 0.6 is 22.9 Å². The number of carbonyl (C=O) groups excluding carboxylic acids is 2. The third-order valence-electron chi connectivity index (χ3n) is 8.13. The van der Waals surface area contributed by atoms with Gasteiger partial charge in [0.1, 0.15) is 10.4 Å². The largest absolute Gasteiger partial charge is 0.334 e. The average Bonchev–Trinajstić information content (AvgIpc) is 3.70. The van der Waals surface area contributed by atoms with Crippen molar-refractivity contribution >= 4 is 44.8 Å². The summed E-state index contributed by atoms with van der Waals surface area (Å²) in [6.07, 6.45) is 4.43. The van der Waals surface area contributed by atoms with Crippen molar-refractivity contribution in [2.24, 2.45) is 7.05 Å². The van der Waals surface area contributed by atoms with E-state index in [0.29, 0.717) is 41.7 Å². The number of likely N-dealkylation sites (tertiary alicyclic amines) is 1. The fourth-order valence-electron chi connectivity index (χ4n) is 6.16. The van der Waals surface area contributed by atoms with Crippen molar-refractivity contribution < 1.29 is 18.0 Å². The number of fused-ring (bicyclic) bond motifs is 2. The second-order valence-electron chi connectivity index (χ2n) is 10.6. The molecule has 3 saturated heterocycles. The lowest BCUT2D eigenvalue weighted by Gasteiger charge is -2.42. The maximum absolute atomic E-state index is 13.9. The zero-order valence-electron chi connectivity index (χ0n) is 21.8. The molecule has 3 aromatic rings. The fourth-order valence-corrected chi connectivity index (χ4v) is 9.08. The Balaban J connectivity index is 1.18. The van der Waals surface area contributed by atoms with E-state index in [4.69, 9.17) is 11.6 Å². The lowest BCUT2D eigenvalue weighted by Crippen LogP contribution is -2.60. The van der Waals surface area contributed by atoms with Crippen LogP contribution < -0.4 is 0 Å².